The Hall–Kier alpha value is -1.11. The van der Waals surface area contributed by atoms with Crippen LogP contribution in [0.4, 0.5) is 4.79 Å². The van der Waals surface area contributed by atoms with E-state index in [-0.39, 0.29) is 6.54 Å². The highest BCUT2D eigenvalue weighted by Crippen LogP contribution is 1.99. The van der Waals surface area contributed by atoms with Gasteiger partial charge in [-0.25, -0.2) is 4.79 Å². The van der Waals surface area contributed by atoms with Crippen LogP contribution in [0.25, 0.3) is 0 Å². The van der Waals surface area contributed by atoms with Gasteiger partial charge in [0.1, 0.15) is 0 Å². The van der Waals surface area contributed by atoms with Crippen molar-refractivity contribution < 1.29 is 18.9 Å². The average molecular weight is 250 g/mol. The number of carboxylic acid groups (broad SMARTS) is 1. The van der Waals surface area contributed by atoms with Crippen LogP contribution in [-0.4, -0.2) is 46.4 Å². The van der Waals surface area contributed by atoms with Crippen molar-refractivity contribution in [1.29, 1.82) is 0 Å². The summed E-state index contributed by atoms with van der Waals surface area (Å²) in [5.41, 5.74) is 0. The molecule has 0 saturated carbocycles. The number of amides is 2. The van der Waals surface area contributed by atoms with Gasteiger partial charge in [0.05, 0.1) is 5.92 Å². The Balaban J connectivity index is 3.71. The van der Waals surface area contributed by atoms with Crippen molar-refractivity contribution in [2.24, 2.45) is 5.92 Å². The highest BCUT2D eigenvalue weighted by Gasteiger charge is 2.15. The predicted molar refractivity (Wildman–Crippen MR) is 61.8 cm³/mol. The molecule has 0 aromatic rings. The second-order valence-electron chi connectivity index (χ2n) is 3.36. The fraction of sp³-hybridized carbons (Fsp3) is 0.778. The lowest BCUT2D eigenvalue weighted by Gasteiger charge is -2.11. The summed E-state index contributed by atoms with van der Waals surface area (Å²) >= 11 is 0. The zero-order valence-electron chi connectivity index (χ0n) is 9.49. The maximum Gasteiger partial charge on any atom is 0.314 e. The first-order chi connectivity index (χ1) is 7.47. The van der Waals surface area contributed by atoms with Gasteiger partial charge in [-0.05, 0) is 6.42 Å². The standard InChI is InChI=1S/C9H18N2O4S/c1-3-7(8(12)13)6-11-9(14)10-4-5-16(2)15/h7H,3-6H2,1-2H3,(H,12,13)(H2,10,11,14). The Morgan fingerprint density at radius 3 is 2.44 bits per heavy atom. The number of urea groups is 1. The van der Waals surface area contributed by atoms with E-state index in [2.05, 4.69) is 10.6 Å². The van der Waals surface area contributed by atoms with Crippen LogP contribution in [0.2, 0.25) is 0 Å². The third kappa shape index (κ3) is 7.22. The second kappa shape index (κ2) is 8.09. The summed E-state index contributed by atoms with van der Waals surface area (Å²) in [6.45, 7) is 2.17. The number of hydrogen-bond donors (Lipinski definition) is 3. The number of aliphatic carboxylic acids is 1. The highest BCUT2D eigenvalue weighted by molar-refractivity contribution is 7.84. The van der Waals surface area contributed by atoms with Crippen molar-refractivity contribution in [1.82, 2.24) is 10.6 Å². The van der Waals surface area contributed by atoms with Crippen LogP contribution in [-0.2, 0) is 15.6 Å². The van der Waals surface area contributed by atoms with Crippen LogP contribution in [0.5, 0.6) is 0 Å². The van der Waals surface area contributed by atoms with Crippen molar-refractivity contribution in [3.8, 4) is 0 Å². The number of hydrogen-bond acceptors (Lipinski definition) is 3. The summed E-state index contributed by atoms with van der Waals surface area (Å²) in [5, 5.41) is 13.7. The maximum atomic E-state index is 11.2. The normalized spacial score (nSPS) is 13.9. The molecule has 16 heavy (non-hydrogen) atoms. The quantitative estimate of drug-likeness (QED) is 0.582. The molecule has 7 heteroatoms. The number of carbonyl (C=O) groups excluding carboxylic acids is 1. The molecule has 0 aliphatic rings. The Kier molecular flexibility index (Phi) is 7.53. The molecule has 0 radical (unpaired) electrons. The smallest absolute Gasteiger partial charge is 0.314 e. The van der Waals surface area contributed by atoms with E-state index in [0.29, 0.717) is 18.7 Å². The molecular formula is C9H18N2O4S. The molecule has 94 valence electrons. The van der Waals surface area contributed by atoms with Crippen molar-refractivity contribution in [2.75, 3.05) is 25.1 Å². The van der Waals surface area contributed by atoms with E-state index in [1.807, 2.05) is 0 Å². The molecule has 0 aromatic heterocycles. The SMILES string of the molecule is CCC(CNC(=O)NCCS(C)=O)C(=O)O. The Labute approximate surface area is 97.3 Å². The van der Waals surface area contributed by atoms with E-state index in [4.69, 9.17) is 5.11 Å². The molecule has 2 amide bonds. The highest BCUT2D eigenvalue weighted by atomic mass is 32.2. The summed E-state index contributed by atoms with van der Waals surface area (Å²) in [6, 6.07) is -0.426. The minimum absolute atomic E-state index is 0.104. The van der Waals surface area contributed by atoms with Gasteiger partial charge in [-0.1, -0.05) is 6.92 Å². The van der Waals surface area contributed by atoms with Gasteiger partial charge < -0.3 is 15.7 Å². The van der Waals surface area contributed by atoms with Crippen LogP contribution in [0.1, 0.15) is 13.3 Å². The molecule has 0 saturated heterocycles. The van der Waals surface area contributed by atoms with Gasteiger partial charge in [-0.2, -0.15) is 0 Å². The van der Waals surface area contributed by atoms with E-state index in [1.165, 1.54) is 0 Å². The second-order valence-corrected chi connectivity index (χ2v) is 4.91. The monoisotopic (exact) mass is 250 g/mol. The lowest BCUT2D eigenvalue weighted by atomic mass is 10.1. The maximum absolute atomic E-state index is 11.2. The van der Waals surface area contributed by atoms with Crippen molar-refractivity contribution in [2.45, 2.75) is 13.3 Å². The van der Waals surface area contributed by atoms with E-state index < -0.39 is 28.7 Å². The number of carbonyl (C=O) groups is 2. The Morgan fingerprint density at radius 1 is 1.38 bits per heavy atom. The summed E-state index contributed by atoms with van der Waals surface area (Å²) in [5.74, 6) is -1.09. The lowest BCUT2D eigenvalue weighted by Crippen LogP contribution is -2.41. The fourth-order valence-electron chi connectivity index (χ4n) is 0.993. The van der Waals surface area contributed by atoms with Crippen molar-refractivity contribution >= 4 is 22.8 Å². The molecule has 0 aliphatic heterocycles. The van der Waals surface area contributed by atoms with Gasteiger partial charge in [0.2, 0.25) is 0 Å². The van der Waals surface area contributed by atoms with E-state index in [9.17, 15) is 13.8 Å². The molecule has 0 fully saturated rings. The molecule has 6 nitrogen and oxygen atoms in total. The molecule has 3 N–H and O–H groups in total. The fourth-order valence-corrected chi connectivity index (χ4v) is 1.38. The van der Waals surface area contributed by atoms with Gasteiger partial charge in [-0.15, -0.1) is 0 Å². The molecule has 0 aromatic carbocycles. The van der Waals surface area contributed by atoms with E-state index >= 15 is 0 Å². The zero-order chi connectivity index (χ0) is 12.6. The third-order valence-corrected chi connectivity index (χ3v) is 2.81. The zero-order valence-corrected chi connectivity index (χ0v) is 10.3. The largest absolute Gasteiger partial charge is 0.481 e. The molecule has 2 unspecified atom stereocenters. The minimum Gasteiger partial charge on any atom is -0.481 e. The summed E-state index contributed by atoms with van der Waals surface area (Å²) in [7, 11) is -0.940. The minimum atomic E-state index is -0.940. The Bertz CT molecular complexity index is 270. The number of nitrogens with one attached hydrogen (secondary N) is 2. The van der Waals surface area contributed by atoms with Crippen LogP contribution < -0.4 is 10.6 Å². The van der Waals surface area contributed by atoms with Crippen LogP contribution >= 0.6 is 0 Å². The molecular weight excluding hydrogens is 232 g/mol. The molecule has 0 heterocycles. The topological polar surface area (TPSA) is 95.5 Å². The molecule has 0 bridgehead atoms. The summed E-state index contributed by atoms with van der Waals surface area (Å²) in [4.78, 5) is 21.8. The molecule has 0 rings (SSSR count). The molecule has 2 atom stereocenters. The van der Waals surface area contributed by atoms with Gasteiger partial charge in [0, 0.05) is 35.9 Å². The lowest BCUT2D eigenvalue weighted by molar-refractivity contribution is -0.141. The van der Waals surface area contributed by atoms with Crippen molar-refractivity contribution in [3.05, 3.63) is 0 Å². The molecule has 0 spiro atoms. The summed E-state index contributed by atoms with van der Waals surface area (Å²) < 4.78 is 10.7. The van der Waals surface area contributed by atoms with Gasteiger partial charge in [0.25, 0.3) is 0 Å². The van der Waals surface area contributed by atoms with Crippen molar-refractivity contribution in [3.63, 3.8) is 0 Å². The van der Waals surface area contributed by atoms with E-state index in [1.54, 1.807) is 13.2 Å². The van der Waals surface area contributed by atoms with Gasteiger partial charge in [-0.3, -0.25) is 9.00 Å². The van der Waals surface area contributed by atoms with Crippen LogP contribution in [0.15, 0.2) is 0 Å². The first-order valence-electron chi connectivity index (χ1n) is 5.01. The predicted octanol–water partition coefficient (Wildman–Crippen LogP) is -0.225. The average Bonchev–Trinajstić information content (AvgIpc) is 2.17. The first-order valence-corrected chi connectivity index (χ1v) is 6.74. The number of carboxylic acids is 1. The van der Waals surface area contributed by atoms with Crippen LogP contribution in [0, 0.1) is 5.92 Å². The molecule has 0 aliphatic carbocycles. The van der Waals surface area contributed by atoms with E-state index in [0.717, 1.165) is 0 Å². The first kappa shape index (κ1) is 14.9. The summed E-state index contributed by atoms with van der Waals surface area (Å²) in [6.07, 6.45) is 2.02. The Morgan fingerprint density at radius 2 is 2.00 bits per heavy atom. The van der Waals surface area contributed by atoms with Crippen LogP contribution in [0.3, 0.4) is 0 Å². The third-order valence-electron chi connectivity index (χ3n) is 2.03. The van der Waals surface area contributed by atoms with Gasteiger partial charge in [0.15, 0.2) is 0 Å². The van der Waals surface area contributed by atoms with Gasteiger partial charge >= 0.3 is 12.0 Å². The number of rotatable bonds is 7.